The molecule has 1 rings (SSSR count). The highest BCUT2D eigenvalue weighted by Crippen LogP contribution is 2.30. The number of ether oxygens (including phenoxy) is 7. The fourth-order valence-corrected chi connectivity index (χ4v) is 2.68. The minimum atomic E-state index is -1.10. The van der Waals surface area contributed by atoms with Crippen LogP contribution in [-0.2, 0) is 34.9 Å². The van der Waals surface area contributed by atoms with Crippen LogP contribution in [0.1, 0.15) is 66.9 Å². The van der Waals surface area contributed by atoms with Gasteiger partial charge in [-0.2, -0.15) is 0 Å². The van der Waals surface area contributed by atoms with E-state index in [-0.39, 0.29) is 31.1 Å². The Kier molecular flexibility index (Phi) is 13.4. The number of esters is 1. The van der Waals surface area contributed by atoms with E-state index in [1.54, 1.807) is 34.6 Å². The largest absolute Gasteiger partial charge is 0.513 e. The van der Waals surface area contributed by atoms with Gasteiger partial charge in [-0.3, -0.25) is 4.79 Å². The van der Waals surface area contributed by atoms with Crippen molar-refractivity contribution in [3.63, 3.8) is 0 Å². The van der Waals surface area contributed by atoms with Crippen LogP contribution in [0.5, 0.6) is 11.5 Å². The molecule has 3 atom stereocenters. The number of rotatable bonds is 12. The Morgan fingerprint density at radius 1 is 0.816 bits per heavy atom. The van der Waals surface area contributed by atoms with Crippen molar-refractivity contribution >= 4 is 24.4 Å². The Morgan fingerprint density at radius 2 is 1.34 bits per heavy atom. The number of carbonyl (C=O) groups excluding carboxylic acids is 4. The van der Waals surface area contributed by atoms with Crippen molar-refractivity contribution < 1.29 is 52.3 Å². The van der Waals surface area contributed by atoms with Crippen LogP contribution in [0.4, 0.5) is 14.4 Å². The molecule has 0 spiro atoms. The second-order valence-corrected chi connectivity index (χ2v) is 9.42. The lowest BCUT2D eigenvalue weighted by Gasteiger charge is -2.24. The second kappa shape index (κ2) is 15.7. The average Bonchev–Trinajstić information content (AvgIpc) is 2.81. The monoisotopic (exact) mass is 541 g/mol. The van der Waals surface area contributed by atoms with Crippen LogP contribution in [0.3, 0.4) is 0 Å². The summed E-state index contributed by atoms with van der Waals surface area (Å²) < 4.78 is 35.7. The van der Waals surface area contributed by atoms with E-state index in [2.05, 4.69) is 0 Å². The molecule has 0 amide bonds. The number of carbonyl (C=O) groups is 4. The van der Waals surface area contributed by atoms with Gasteiger partial charge in [-0.05, 0) is 71.6 Å². The SMILES string of the molecule is CCCOC(=O)Oc1ccc(C[C@H](N)C(=O)O[C@@H](C)C(C)OC(=O)OC(C)(C)C)cc1OC(=O)OCCC. The molecule has 12 heteroatoms. The maximum Gasteiger partial charge on any atom is 0.513 e. The molecule has 0 heterocycles. The summed E-state index contributed by atoms with van der Waals surface area (Å²) in [6.07, 6.45) is -3.28. The fourth-order valence-electron chi connectivity index (χ4n) is 2.68. The molecular weight excluding hydrogens is 502 g/mol. The topological polar surface area (TPSA) is 159 Å². The van der Waals surface area contributed by atoms with Crippen LogP contribution < -0.4 is 15.2 Å². The molecule has 0 saturated heterocycles. The van der Waals surface area contributed by atoms with Gasteiger partial charge < -0.3 is 38.9 Å². The van der Waals surface area contributed by atoms with Gasteiger partial charge in [0.25, 0.3) is 0 Å². The zero-order chi connectivity index (χ0) is 28.9. The molecule has 0 aliphatic carbocycles. The molecule has 1 aromatic rings. The third-order valence-electron chi connectivity index (χ3n) is 4.64. The summed E-state index contributed by atoms with van der Waals surface area (Å²) in [7, 11) is 0. The summed E-state index contributed by atoms with van der Waals surface area (Å²) in [6, 6.07) is 3.20. The predicted octanol–water partition coefficient (Wildman–Crippen LogP) is 4.68. The maximum absolute atomic E-state index is 12.6. The quantitative estimate of drug-likeness (QED) is 0.221. The molecule has 0 bridgehead atoms. The van der Waals surface area contributed by atoms with Gasteiger partial charge in [0.1, 0.15) is 23.9 Å². The minimum Gasteiger partial charge on any atom is -0.458 e. The average molecular weight is 542 g/mol. The van der Waals surface area contributed by atoms with E-state index in [4.69, 9.17) is 38.9 Å². The second-order valence-electron chi connectivity index (χ2n) is 9.42. The Balaban J connectivity index is 2.87. The number of nitrogens with two attached hydrogens (primary N) is 1. The molecule has 0 aliphatic rings. The summed E-state index contributed by atoms with van der Waals surface area (Å²) in [5, 5.41) is 0. The van der Waals surface area contributed by atoms with E-state index in [9.17, 15) is 19.2 Å². The fraction of sp³-hybridized carbons (Fsp3) is 0.615. The summed E-state index contributed by atoms with van der Waals surface area (Å²) in [5.74, 6) is -0.947. The van der Waals surface area contributed by atoms with E-state index < -0.39 is 48.3 Å². The highest BCUT2D eigenvalue weighted by molar-refractivity contribution is 5.76. The van der Waals surface area contributed by atoms with Gasteiger partial charge in [0, 0.05) is 0 Å². The number of hydrogen-bond acceptors (Lipinski definition) is 12. The van der Waals surface area contributed by atoms with Crippen molar-refractivity contribution in [1.29, 1.82) is 0 Å². The van der Waals surface area contributed by atoms with Gasteiger partial charge in [0.05, 0.1) is 13.2 Å². The molecule has 0 aromatic heterocycles. The molecule has 2 N–H and O–H groups in total. The molecule has 0 radical (unpaired) electrons. The Labute approximate surface area is 223 Å². The normalized spacial score (nSPS) is 13.4. The molecule has 214 valence electrons. The molecule has 0 aliphatic heterocycles. The smallest absolute Gasteiger partial charge is 0.458 e. The number of hydrogen-bond donors (Lipinski definition) is 1. The van der Waals surface area contributed by atoms with Crippen molar-refractivity contribution in [1.82, 2.24) is 0 Å². The lowest BCUT2D eigenvalue weighted by Crippen LogP contribution is -2.40. The Morgan fingerprint density at radius 3 is 1.87 bits per heavy atom. The van der Waals surface area contributed by atoms with Crippen molar-refractivity contribution in [3.8, 4) is 11.5 Å². The predicted molar refractivity (Wildman–Crippen MR) is 135 cm³/mol. The maximum atomic E-state index is 12.6. The first-order valence-corrected chi connectivity index (χ1v) is 12.4. The summed E-state index contributed by atoms with van der Waals surface area (Å²) >= 11 is 0. The molecule has 38 heavy (non-hydrogen) atoms. The first-order chi connectivity index (χ1) is 17.7. The van der Waals surface area contributed by atoms with Gasteiger partial charge in [0.15, 0.2) is 11.5 Å². The minimum absolute atomic E-state index is 0.00616. The van der Waals surface area contributed by atoms with Crippen molar-refractivity contribution in [2.75, 3.05) is 13.2 Å². The Hall–Kier alpha value is -3.54. The van der Waals surface area contributed by atoms with E-state index >= 15 is 0 Å². The van der Waals surface area contributed by atoms with Crippen LogP contribution in [0.25, 0.3) is 0 Å². The molecule has 0 fully saturated rings. The third-order valence-corrected chi connectivity index (χ3v) is 4.64. The van der Waals surface area contributed by atoms with Crippen LogP contribution in [0, 0.1) is 0 Å². The van der Waals surface area contributed by atoms with Gasteiger partial charge in [-0.25, -0.2) is 14.4 Å². The van der Waals surface area contributed by atoms with Crippen molar-refractivity contribution in [3.05, 3.63) is 23.8 Å². The first kappa shape index (κ1) is 32.5. The molecular formula is C26H39NO11. The lowest BCUT2D eigenvalue weighted by atomic mass is 10.1. The zero-order valence-corrected chi connectivity index (χ0v) is 23.1. The van der Waals surface area contributed by atoms with Crippen LogP contribution in [-0.4, -0.2) is 61.5 Å². The lowest BCUT2D eigenvalue weighted by molar-refractivity contribution is -0.156. The standard InChI is InChI=1S/C26H39NO11/c1-8-12-32-23(29)36-20-11-10-18(15-21(20)37-24(30)33-13-9-2)14-19(27)22(28)34-16(3)17(4)35-25(31)38-26(5,6)7/h10-11,15-17,19H,8-9,12-14,27H2,1-7H3/t16-,17?,19-/m0/s1. The van der Waals surface area contributed by atoms with Gasteiger partial charge in [-0.1, -0.05) is 19.9 Å². The van der Waals surface area contributed by atoms with Gasteiger partial charge in [0.2, 0.25) is 0 Å². The highest BCUT2D eigenvalue weighted by atomic mass is 16.8. The van der Waals surface area contributed by atoms with E-state index in [1.807, 2.05) is 13.8 Å². The molecule has 1 unspecified atom stereocenters. The highest BCUT2D eigenvalue weighted by Gasteiger charge is 2.27. The zero-order valence-electron chi connectivity index (χ0n) is 23.1. The molecule has 1 aromatic carbocycles. The van der Waals surface area contributed by atoms with Crippen molar-refractivity contribution in [2.45, 2.75) is 91.6 Å². The van der Waals surface area contributed by atoms with Gasteiger partial charge >= 0.3 is 24.4 Å². The van der Waals surface area contributed by atoms with Crippen LogP contribution in [0.15, 0.2) is 18.2 Å². The molecule has 0 saturated carbocycles. The first-order valence-electron chi connectivity index (χ1n) is 12.4. The van der Waals surface area contributed by atoms with Crippen LogP contribution in [0.2, 0.25) is 0 Å². The van der Waals surface area contributed by atoms with E-state index in [1.165, 1.54) is 18.2 Å². The van der Waals surface area contributed by atoms with E-state index in [0.29, 0.717) is 18.4 Å². The van der Waals surface area contributed by atoms with Crippen LogP contribution >= 0.6 is 0 Å². The number of benzene rings is 1. The summed E-state index contributed by atoms with van der Waals surface area (Å²) in [6.45, 7) is 12.1. The molecule has 12 nitrogen and oxygen atoms in total. The van der Waals surface area contributed by atoms with Crippen molar-refractivity contribution in [2.24, 2.45) is 5.73 Å². The Bertz CT molecular complexity index is 942. The van der Waals surface area contributed by atoms with Gasteiger partial charge in [-0.15, -0.1) is 0 Å². The summed E-state index contributed by atoms with van der Waals surface area (Å²) in [5.41, 5.74) is 5.78. The van der Waals surface area contributed by atoms with E-state index in [0.717, 1.165) is 0 Å². The third kappa shape index (κ3) is 12.6. The summed E-state index contributed by atoms with van der Waals surface area (Å²) in [4.78, 5) is 48.3.